The van der Waals surface area contributed by atoms with E-state index >= 15 is 0 Å². The molecular formula is C10H11NO2S. The van der Waals surface area contributed by atoms with Crippen LogP contribution in [0.5, 0.6) is 0 Å². The second-order valence-corrected chi connectivity index (χ2v) is 4.04. The zero-order valence-corrected chi connectivity index (χ0v) is 8.76. The van der Waals surface area contributed by atoms with Gasteiger partial charge in [0.2, 0.25) is 0 Å². The van der Waals surface area contributed by atoms with Crippen LogP contribution in [0.25, 0.3) is 0 Å². The lowest BCUT2D eigenvalue weighted by molar-refractivity contribution is 0.0519. The molecular weight excluding hydrogens is 198 g/mol. The fraction of sp³-hybridized carbons (Fsp3) is 0.400. The summed E-state index contributed by atoms with van der Waals surface area (Å²) in [6.45, 7) is 2.19. The van der Waals surface area contributed by atoms with Gasteiger partial charge in [0, 0.05) is 17.7 Å². The molecule has 3 nitrogen and oxygen atoms in total. The molecule has 2 heterocycles. The van der Waals surface area contributed by atoms with Gasteiger partial charge in [-0.2, -0.15) is 11.8 Å². The average molecular weight is 209 g/mol. The maximum absolute atomic E-state index is 11.4. The molecule has 0 unspecified atom stereocenters. The zero-order chi connectivity index (χ0) is 9.97. The number of carbonyl (C=O) groups is 1. The van der Waals surface area contributed by atoms with E-state index in [1.54, 1.807) is 13.1 Å². The number of aromatic nitrogens is 1. The Bertz CT molecular complexity index is 365. The molecule has 0 amide bonds. The van der Waals surface area contributed by atoms with Crippen LogP contribution in [0.3, 0.4) is 0 Å². The highest BCUT2D eigenvalue weighted by molar-refractivity contribution is 7.98. The normalized spacial score (nSPS) is 13.8. The van der Waals surface area contributed by atoms with Gasteiger partial charge in [0.15, 0.2) is 0 Å². The molecule has 4 heteroatoms. The minimum atomic E-state index is -0.327. The van der Waals surface area contributed by atoms with Gasteiger partial charge in [0.05, 0.1) is 6.61 Å². The molecule has 0 aliphatic carbocycles. The van der Waals surface area contributed by atoms with Crippen LogP contribution >= 0.6 is 11.8 Å². The molecule has 1 aliphatic heterocycles. The summed E-state index contributed by atoms with van der Waals surface area (Å²) in [5.74, 6) is 1.66. The van der Waals surface area contributed by atoms with Gasteiger partial charge in [0.1, 0.15) is 5.69 Å². The lowest BCUT2D eigenvalue weighted by Gasteiger charge is -2.02. The van der Waals surface area contributed by atoms with Crippen molar-refractivity contribution in [3.8, 4) is 0 Å². The van der Waals surface area contributed by atoms with Crippen molar-refractivity contribution in [1.29, 1.82) is 0 Å². The monoisotopic (exact) mass is 209 g/mol. The molecule has 0 fully saturated rings. The van der Waals surface area contributed by atoms with Crippen molar-refractivity contribution < 1.29 is 9.53 Å². The second kappa shape index (κ2) is 4.00. The molecule has 0 aromatic carbocycles. The SMILES string of the molecule is CCOC(=O)c1cc2c(cn1)CSC2. The number of nitrogens with zero attached hydrogens (tertiary/aromatic N) is 1. The number of fused-ring (bicyclic) bond motifs is 1. The van der Waals surface area contributed by atoms with E-state index in [-0.39, 0.29) is 5.97 Å². The summed E-state index contributed by atoms with van der Waals surface area (Å²) in [7, 11) is 0. The molecule has 0 saturated carbocycles. The molecule has 14 heavy (non-hydrogen) atoms. The van der Waals surface area contributed by atoms with Gasteiger partial charge >= 0.3 is 5.97 Å². The number of esters is 1. The zero-order valence-electron chi connectivity index (χ0n) is 7.95. The van der Waals surface area contributed by atoms with Crippen LogP contribution in [0.1, 0.15) is 28.5 Å². The van der Waals surface area contributed by atoms with E-state index in [1.807, 2.05) is 17.8 Å². The standard InChI is InChI=1S/C10H11NO2S/c1-2-13-10(12)9-3-7-5-14-6-8(7)4-11-9/h3-4H,2,5-6H2,1H3. The van der Waals surface area contributed by atoms with Crippen LogP contribution < -0.4 is 0 Å². The van der Waals surface area contributed by atoms with Crippen LogP contribution in [0.4, 0.5) is 0 Å². The summed E-state index contributed by atoms with van der Waals surface area (Å²) < 4.78 is 4.88. The van der Waals surface area contributed by atoms with Crippen LogP contribution in [-0.4, -0.2) is 17.6 Å². The Morgan fingerprint density at radius 2 is 2.36 bits per heavy atom. The predicted molar refractivity (Wildman–Crippen MR) is 55.2 cm³/mol. The van der Waals surface area contributed by atoms with Crippen molar-refractivity contribution in [2.24, 2.45) is 0 Å². The lowest BCUT2D eigenvalue weighted by atomic mass is 10.1. The Labute approximate surface area is 86.9 Å². The molecule has 0 spiro atoms. The first-order chi connectivity index (χ1) is 6.81. The average Bonchev–Trinajstić information content (AvgIpc) is 2.64. The Morgan fingerprint density at radius 1 is 1.57 bits per heavy atom. The molecule has 0 N–H and O–H groups in total. The summed E-state index contributed by atoms with van der Waals surface area (Å²) in [6.07, 6.45) is 1.78. The molecule has 0 radical (unpaired) electrons. The number of thioether (sulfide) groups is 1. The van der Waals surface area contributed by atoms with Crippen molar-refractivity contribution in [2.75, 3.05) is 6.61 Å². The van der Waals surface area contributed by atoms with E-state index in [2.05, 4.69) is 4.98 Å². The third-order valence-electron chi connectivity index (χ3n) is 2.08. The Morgan fingerprint density at radius 3 is 3.14 bits per heavy atom. The first-order valence-electron chi connectivity index (χ1n) is 4.54. The third-order valence-corrected chi connectivity index (χ3v) is 3.11. The van der Waals surface area contributed by atoms with Gasteiger partial charge in [-0.05, 0) is 24.1 Å². The third kappa shape index (κ3) is 1.75. The summed E-state index contributed by atoms with van der Waals surface area (Å²) >= 11 is 1.84. The van der Waals surface area contributed by atoms with E-state index in [0.717, 1.165) is 11.5 Å². The summed E-state index contributed by atoms with van der Waals surface area (Å²) in [4.78, 5) is 15.4. The van der Waals surface area contributed by atoms with Crippen LogP contribution in [0.15, 0.2) is 12.3 Å². The lowest BCUT2D eigenvalue weighted by Crippen LogP contribution is -2.07. The highest BCUT2D eigenvalue weighted by atomic mass is 32.2. The largest absolute Gasteiger partial charge is 0.461 e. The second-order valence-electron chi connectivity index (χ2n) is 3.05. The van der Waals surface area contributed by atoms with Gasteiger partial charge in [0.25, 0.3) is 0 Å². The van der Waals surface area contributed by atoms with Crippen molar-refractivity contribution >= 4 is 17.7 Å². The molecule has 1 aliphatic rings. The van der Waals surface area contributed by atoms with E-state index in [4.69, 9.17) is 4.74 Å². The molecule has 1 aromatic heterocycles. The number of rotatable bonds is 2. The maximum atomic E-state index is 11.4. The number of hydrogen-bond acceptors (Lipinski definition) is 4. The number of carbonyl (C=O) groups excluding carboxylic acids is 1. The van der Waals surface area contributed by atoms with Crippen LogP contribution in [-0.2, 0) is 16.2 Å². The highest BCUT2D eigenvalue weighted by Gasteiger charge is 2.15. The quantitative estimate of drug-likeness (QED) is 0.698. The van der Waals surface area contributed by atoms with Crippen molar-refractivity contribution in [1.82, 2.24) is 4.98 Å². The van der Waals surface area contributed by atoms with Gasteiger partial charge < -0.3 is 4.74 Å². The summed E-state index contributed by atoms with van der Waals surface area (Å²) in [6, 6.07) is 1.84. The van der Waals surface area contributed by atoms with E-state index in [1.165, 1.54) is 11.1 Å². The first kappa shape index (κ1) is 9.52. The van der Waals surface area contributed by atoms with E-state index < -0.39 is 0 Å². The number of pyridine rings is 1. The topological polar surface area (TPSA) is 39.2 Å². The minimum absolute atomic E-state index is 0.327. The fourth-order valence-electron chi connectivity index (χ4n) is 1.38. The smallest absolute Gasteiger partial charge is 0.356 e. The number of ether oxygens (including phenoxy) is 1. The Hall–Kier alpha value is -1.03. The Kier molecular flexibility index (Phi) is 2.72. The van der Waals surface area contributed by atoms with Crippen LogP contribution in [0, 0.1) is 0 Å². The van der Waals surface area contributed by atoms with Gasteiger partial charge in [-0.15, -0.1) is 0 Å². The fourth-order valence-corrected chi connectivity index (χ4v) is 2.45. The molecule has 0 atom stereocenters. The van der Waals surface area contributed by atoms with E-state index in [9.17, 15) is 4.79 Å². The predicted octanol–water partition coefficient (Wildman–Crippen LogP) is 2.01. The van der Waals surface area contributed by atoms with Crippen molar-refractivity contribution in [2.45, 2.75) is 18.4 Å². The maximum Gasteiger partial charge on any atom is 0.356 e. The molecule has 0 bridgehead atoms. The van der Waals surface area contributed by atoms with Gasteiger partial charge in [-0.3, -0.25) is 0 Å². The molecule has 0 saturated heterocycles. The summed E-state index contributed by atoms with van der Waals surface area (Å²) in [5.41, 5.74) is 2.88. The van der Waals surface area contributed by atoms with Gasteiger partial charge in [-0.25, -0.2) is 9.78 Å². The van der Waals surface area contributed by atoms with Crippen molar-refractivity contribution in [3.63, 3.8) is 0 Å². The Balaban J connectivity index is 2.24. The minimum Gasteiger partial charge on any atom is -0.461 e. The highest BCUT2D eigenvalue weighted by Crippen LogP contribution is 2.29. The molecule has 74 valence electrons. The van der Waals surface area contributed by atoms with Crippen molar-refractivity contribution in [3.05, 3.63) is 29.1 Å². The van der Waals surface area contributed by atoms with Crippen LogP contribution in [0.2, 0.25) is 0 Å². The molecule has 1 aromatic rings. The van der Waals surface area contributed by atoms with E-state index in [0.29, 0.717) is 12.3 Å². The molecule has 2 rings (SSSR count). The van der Waals surface area contributed by atoms with Gasteiger partial charge in [-0.1, -0.05) is 0 Å². The first-order valence-corrected chi connectivity index (χ1v) is 5.69. The number of hydrogen-bond donors (Lipinski definition) is 0. The summed E-state index contributed by atoms with van der Waals surface area (Å²) in [5, 5.41) is 0.